The van der Waals surface area contributed by atoms with Crippen molar-refractivity contribution in [2.45, 2.75) is 38.5 Å². The number of hydrogen-bond donors (Lipinski definition) is 2. The number of hydrogen-bond acceptors (Lipinski definition) is 5. The number of carbonyl (C=O) groups excluding carboxylic acids is 1. The van der Waals surface area contributed by atoms with Gasteiger partial charge < -0.3 is 19.8 Å². The molecule has 172 valence electrons. The summed E-state index contributed by atoms with van der Waals surface area (Å²) in [5.41, 5.74) is 2.71. The molecule has 5 rings (SSSR count). The number of aryl methyl sites for hydroxylation is 1. The standard InChI is InChI=1S/C26H28FN3O3/c27-22-15-18(7-9-23(22)30-14-2-5-25(30)31)20-3-1-4-21(26(20)32)24-16-19(29-33-24)8-6-17-10-12-28-13-11-17/h1,3-4,7,9,15-17,28,32H,2,5-6,8,10-14H2. The molecule has 0 aliphatic carbocycles. The van der Waals surface area contributed by atoms with Crippen molar-refractivity contribution >= 4 is 11.6 Å². The van der Waals surface area contributed by atoms with Gasteiger partial charge in [0.05, 0.1) is 16.9 Å². The molecule has 2 N–H and O–H groups in total. The van der Waals surface area contributed by atoms with E-state index in [1.54, 1.807) is 30.3 Å². The molecule has 0 unspecified atom stereocenters. The van der Waals surface area contributed by atoms with Crippen molar-refractivity contribution in [2.24, 2.45) is 5.92 Å². The molecule has 2 saturated heterocycles. The number of rotatable bonds is 6. The van der Waals surface area contributed by atoms with Crippen LogP contribution in [0.25, 0.3) is 22.5 Å². The second-order valence-electron chi connectivity index (χ2n) is 8.93. The second-order valence-corrected chi connectivity index (χ2v) is 8.93. The van der Waals surface area contributed by atoms with Crippen LogP contribution in [-0.2, 0) is 11.2 Å². The zero-order valence-electron chi connectivity index (χ0n) is 18.5. The fourth-order valence-electron chi connectivity index (χ4n) is 4.85. The van der Waals surface area contributed by atoms with E-state index < -0.39 is 5.82 Å². The van der Waals surface area contributed by atoms with Crippen LogP contribution < -0.4 is 10.2 Å². The molecule has 1 amide bonds. The van der Waals surface area contributed by atoms with E-state index in [0.29, 0.717) is 41.3 Å². The Morgan fingerprint density at radius 3 is 2.73 bits per heavy atom. The number of aromatic hydroxyl groups is 1. The summed E-state index contributed by atoms with van der Waals surface area (Å²) < 4.78 is 20.4. The third-order valence-electron chi connectivity index (χ3n) is 6.75. The van der Waals surface area contributed by atoms with Gasteiger partial charge in [-0.2, -0.15) is 0 Å². The highest BCUT2D eigenvalue weighted by molar-refractivity contribution is 5.95. The normalized spacial score (nSPS) is 17.1. The molecule has 0 atom stereocenters. The van der Waals surface area contributed by atoms with E-state index in [1.807, 2.05) is 6.07 Å². The molecule has 3 heterocycles. The van der Waals surface area contributed by atoms with Crippen LogP contribution in [0.1, 0.15) is 37.8 Å². The fraction of sp³-hybridized carbons (Fsp3) is 0.385. The van der Waals surface area contributed by atoms with E-state index in [9.17, 15) is 14.3 Å². The van der Waals surface area contributed by atoms with E-state index in [2.05, 4.69) is 10.5 Å². The first-order valence-electron chi connectivity index (χ1n) is 11.7. The Bertz CT molecular complexity index is 1150. The van der Waals surface area contributed by atoms with Crippen LogP contribution in [0.4, 0.5) is 10.1 Å². The topological polar surface area (TPSA) is 78.6 Å². The zero-order chi connectivity index (χ0) is 22.8. The summed E-state index contributed by atoms with van der Waals surface area (Å²) in [6.07, 6.45) is 5.48. The molecule has 2 fully saturated rings. The van der Waals surface area contributed by atoms with Gasteiger partial charge in [0.25, 0.3) is 0 Å². The van der Waals surface area contributed by atoms with Crippen LogP contribution in [0.5, 0.6) is 5.75 Å². The maximum absolute atomic E-state index is 14.8. The molecule has 6 nitrogen and oxygen atoms in total. The van der Waals surface area contributed by atoms with Gasteiger partial charge in [0.1, 0.15) is 11.6 Å². The Labute approximate surface area is 192 Å². The van der Waals surface area contributed by atoms with Gasteiger partial charge in [-0.05, 0) is 74.9 Å². The number of para-hydroxylation sites is 1. The number of phenols is 1. The zero-order valence-corrected chi connectivity index (χ0v) is 18.5. The Hall–Kier alpha value is -3.19. The molecule has 0 spiro atoms. The van der Waals surface area contributed by atoms with Gasteiger partial charge in [0.2, 0.25) is 5.91 Å². The number of nitrogens with one attached hydrogen (secondary N) is 1. The molecule has 3 aromatic rings. The van der Waals surface area contributed by atoms with Crippen LogP contribution in [0.2, 0.25) is 0 Å². The van der Waals surface area contributed by atoms with Crippen molar-refractivity contribution in [2.75, 3.05) is 24.5 Å². The third kappa shape index (κ3) is 4.50. The second kappa shape index (κ2) is 9.35. The number of benzene rings is 2. The summed E-state index contributed by atoms with van der Waals surface area (Å²) in [6.45, 7) is 2.68. The summed E-state index contributed by atoms with van der Waals surface area (Å²) in [6, 6.07) is 11.9. The molecule has 0 bridgehead atoms. The number of amides is 1. The van der Waals surface area contributed by atoms with Crippen LogP contribution in [0.15, 0.2) is 47.0 Å². The van der Waals surface area contributed by atoms with Crippen LogP contribution in [0, 0.1) is 11.7 Å². The molecule has 0 radical (unpaired) electrons. The van der Waals surface area contributed by atoms with E-state index in [1.165, 1.54) is 23.8 Å². The van der Waals surface area contributed by atoms with Crippen molar-refractivity contribution in [3.05, 3.63) is 54.0 Å². The number of carbonyl (C=O) groups is 1. The number of halogens is 1. The number of aromatic nitrogens is 1. The number of anilines is 1. The summed E-state index contributed by atoms with van der Waals surface area (Å²) in [5, 5.41) is 18.6. The smallest absolute Gasteiger partial charge is 0.227 e. The average molecular weight is 450 g/mol. The molecule has 2 aliphatic heterocycles. The van der Waals surface area contributed by atoms with Gasteiger partial charge in [0.15, 0.2) is 5.76 Å². The first-order chi connectivity index (χ1) is 16.1. The average Bonchev–Trinajstić information content (AvgIpc) is 3.48. The Morgan fingerprint density at radius 1 is 1.15 bits per heavy atom. The Morgan fingerprint density at radius 2 is 1.97 bits per heavy atom. The SMILES string of the molecule is O=C1CCCN1c1ccc(-c2cccc(-c3cc(CCC4CCNCC4)no3)c2O)cc1F. The lowest BCUT2D eigenvalue weighted by Gasteiger charge is -2.21. The monoisotopic (exact) mass is 449 g/mol. The van der Waals surface area contributed by atoms with E-state index in [0.717, 1.165) is 38.0 Å². The summed E-state index contributed by atoms with van der Waals surface area (Å²) in [4.78, 5) is 13.5. The third-order valence-corrected chi connectivity index (χ3v) is 6.75. The van der Waals surface area contributed by atoms with Crippen molar-refractivity contribution in [3.63, 3.8) is 0 Å². The molecule has 33 heavy (non-hydrogen) atoms. The van der Waals surface area contributed by atoms with Crippen LogP contribution in [0.3, 0.4) is 0 Å². The largest absolute Gasteiger partial charge is 0.507 e. The fourth-order valence-corrected chi connectivity index (χ4v) is 4.85. The van der Waals surface area contributed by atoms with E-state index >= 15 is 0 Å². The van der Waals surface area contributed by atoms with Gasteiger partial charge in [-0.3, -0.25) is 4.79 Å². The number of piperidine rings is 1. The van der Waals surface area contributed by atoms with Crippen molar-refractivity contribution in [1.29, 1.82) is 0 Å². The lowest BCUT2D eigenvalue weighted by atomic mass is 9.92. The minimum Gasteiger partial charge on any atom is -0.507 e. The van der Waals surface area contributed by atoms with E-state index in [4.69, 9.17) is 4.52 Å². The Balaban J connectivity index is 1.36. The predicted molar refractivity (Wildman–Crippen MR) is 124 cm³/mol. The molecule has 7 heteroatoms. The first-order valence-corrected chi connectivity index (χ1v) is 11.7. The molecule has 0 saturated carbocycles. The van der Waals surface area contributed by atoms with Crippen molar-refractivity contribution in [3.8, 4) is 28.2 Å². The lowest BCUT2D eigenvalue weighted by molar-refractivity contribution is -0.117. The summed E-state index contributed by atoms with van der Waals surface area (Å²) in [5.74, 6) is 0.675. The lowest BCUT2D eigenvalue weighted by Crippen LogP contribution is -2.27. The molecule has 2 aromatic carbocycles. The minimum atomic E-state index is -0.479. The number of phenolic OH excluding ortho intramolecular Hbond substituents is 1. The van der Waals surface area contributed by atoms with Gasteiger partial charge in [0, 0.05) is 24.6 Å². The first kappa shape index (κ1) is 21.6. The van der Waals surface area contributed by atoms with Gasteiger partial charge >= 0.3 is 0 Å². The maximum atomic E-state index is 14.8. The highest BCUT2D eigenvalue weighted by atomic mass is 19.1. The highest BCUT2D eigenvalue weighted by Crippen LogP contribution is 2.39. The summed E-state index contributed by atoms with van der Waals surface area (Å²) in [7, 11) is 0. The van der Waals surface area contributed by atoms with Crippen molar-refractivity contribution < 1.29 is 18.8 Å². The van der Waals surface area contributed by atoms with Crippen molar-refractivity contribution in [1.82, 2.24) is 10.5 Å². The highest BCUT2D eigenvalue weighted by Gasteiger charge is 2.25. The molecular weight excluding hydrogens is 421 g/mol. The molecule has 2 aliphatic rings. The minimum absolute atomic E-state index is 0.0166. The maximum Gasteiger partial charge on any atom is 0.227 e. The molecule has 1 aromatic heterocycles. The van der Waals surface area contributed by atoms with Gasteiger partial charge in [-0.1, -0.05) is 23.4 Å². The van der Waals surface area contributed by atoms with Gasteiger partial charge in [-0.25, -0.2) is 4.39 Å². The van der Waals surface area contributed by atoms with E-state index in [-0.39, 0.29) is 17.3 Å². The quantitative estimate of drug-likeness (QED) is 0.559. The summed E-state index contributed by atoms with van der Waals surface area (Å²) >= 11 is 0. The van der Waals surface area contributed by atoms with Crippen LogP contribution >= 0.6 is 0 Å². The van der Waals surface area contributed by atoms with Gasteiger partial charge in [-0.15, -0.1) is 0 Å². The predicted octanol–water partition coefficient (Wildman–Crippen LogP) is 4.91. The Kier molecular flexibility index (Phi) is 6.13. The molecular formula is C26H28FN3O3. The van der Waals surface area contributed by atoms with Crippen LogP contribution in [-0.4, -0.2) is 35.8 Å². The number of nitrogens with zero attached hydrogens (tertiary/aromatic N) is 2.